The maximum Gasteiger partial charge on any atom is 0.244 e. The van der Waals surface area contributed by atoms with Crippen LogP contribution in [0.5, 0.6) is 0 Å². The number of hydrogen-bond acceptors (Lipinski definition) is 3. The molecular weight excluding hydrogens is 335 g/mol. The van der Waals surface area contributed by atoms with Gasteiger partial charge in [0.25, 0.3) is 0 Å². The van der Waals surface area contributed by atoms with Gasteiger partial charge >= 0.3 is 0 Å². The zero-order valence-electron chi connectivity index (χ0n) is 12.7. The molecule has 1 rings (SSSR count). The van der Waals surface area contributed by atoms with Crippen LogP contribution in [-0.2, 0) is 9.59 Å². The van der Waals surface area contributed by atoms with E-state index in [0.717, 1.165) is 6.07 Å². The van der Waals surface area contributed by atoms with Gasteiger partial charge in [0.15, 0.2) is 17.5 Å². The maximum atomic E-state index is 13.5. The van der Waals surface area contributed by atoms with Crippen LogP contribution in [0.2, 0.25) is 0 Å². The average Bonchev–Trinajstić information content (AvgIpc) is 2.46. The fourth-order valence-corrected chi connectivity index (χ4v) is 1.81. The molecule has 9 heteroatoms. The summed E-state index contributed by atoms with van der Waals surface area (Å²) in [4.78, 5) is 24.9. The summed E-state index contributed by atoms with van der Waals surface area (Å²) in [5.41, 5.74) is 4.99. The molecule has 0 aliphatic rings. The predicted octanol–water partition coefficient (Wildman–Crippen LogP) is 2.05. The summed E-state index contributed by atoms with van der Waals surface area (Å²) in [6, 6.07) is 0.827. The van der Waals surface area contributed by atoms with Crippen molar-refractivity contribution in [2.24, 2.45) is 5.73 Å². The van der Waals surface area contributed by atoms with E-state index < -0.39 is 41.0 Å². The molecule has 0 aliphatic carbocycles. The summed E-state index contributed by atoms with van der Waals surface area (Å²) in [5.74, 6) is -5.67. The first kappa shape index (κ1) is 21.2. The van der Waals surface area contributed by atoms with Crippen LogP contribution in [0.4, 0.5) is 18.9 Å². The molecule has 0 heterocycles. The highest BCUT2D eigenvalue weighted by molar-refractivity contribution is 5.95. The monoisotopic (exact) mass is 353 g/mol. The Balaban J connectivity index is 0.00000484. The fourth-order valence-electron chi connectivity index (χ4n) is 1.81. The van der Waals surface area contributed by atoms with Crippen molar-refractivity contribution in [1.29, 1.82) is 0 Å². The van der Waals surface area contributed by atoms with Crippen molar-refractivity contribution in [3.63, 3.8) is 0 Å². The van der Waals surface area contributed by atoms with Gasteiger partial charge in [-0.05, 0) is 25.5 Å². The molecule has 3 N–H and O–H groups in total. The Labute approximate surface area is 138 Å². The van der Waals surface area contributed by atoms with E-state index in [0.29, 0.717) is 19.0 Å². The number of carbonyl (C=O) groups is 2. The smallest absolute Gasteiger partial charge is 0.244 e. The Morgan fingerprint density at radius 1 is 1.26 bits per heavy atom. The second kappa shape index (κ2) is 9.36. The number of nitrogens with two attached hydrogens (primary N) is 1. The van der Waals surface area contributed by atoms with Gasteiger partial charge in [-0.3, -0.25) is 9.59 Å². The fraction of sp³-hybridized carbons (Fsp3) is 0.429. The number of halogens is 4. The van der Waals surface area contributed by atoms with Crippen LogP contribution in [0.25, 0.3) is 0 Å². The molecule has 0 saturated carbocycles. The van der Waals surface area contributed by atoms with E-state index in [1.165, 1.54) is 11.8 Å². The standard InChI is InChI=1S/C14H18F3N3O2.ClH/c1-3-6-20(14(22)8(2)18)7-11(21)19-10-5-4-9(15)12(16)13(10)17;/h4-5,8H,3,6-7,18H2,1-2H3,(H,19,21);1H/t8-;/m0./s1. The summed E-state index contributed by atoms with van der Waals surface area (Å²) in [5, 5.41) is 2.11. The number of hydrogen-bond donors (Lipinski definition) is 2. The number of carbonyl (C=O) groups excluding carboxylic acids is 2. The third-order valence-corrected chi connectivity index (χ3v) is 2.84. The molecule has 0 unspecified atom stereocenters. The minimum atomic E-state index is -1.67. The van der Waals surface area contributed by atoms with Crippen LogP contribution in [0.15, 0.2) is 12.1 Å². The molecule has 1 aromatic carbocycles. The van der Waals surface area contributed by atoms with E-state index in [1.54, 1.807) is 0 Å². The number of nitrogens with zero attached hydrogens (tertiary/aromatic N) is 1. The Kier molecular flexibility index (Phi) is 8.63. The van der Waals surface area contributed by atoms with Crippen molar-refractivity contribution in [3.8, 4) is 0 Å². The zero-order valence-corrected chi connectivity index (χ0v) is 13.6. The maximum absolute atomic E-state index is 13.5. The van der Waals surface area contributed by atoms with E-state index in [1.807, 2.05) is 6.92 Å². The molecule has 1 aromatic rings. The van der Waals surface area contributed by atoms with E-state index in [9.17, 15) is 22.8 Å². The highest BCUT2D eigenvalue weighted by Gasteiger charge is 2.21. The van der Waals surface area contributed by atoms with Crippen LogP contribution >= 0.6 is 12.4 Å². The van der Waals surface area contributed by atoms with E-state index in [4.69, 9.17) is 5.73 Å². The molecule has 5 nitrogen and oxygen atoms in total. The normalized spacial score (nSPS) is 11.4. The van der Waals surface area contributed by atoms with Crippen LogP contribution in [0.3, 0.4) is 0 Å². The van der Waals surface area contributed by atoms with Gasteiger partial charge in [-0.15, -0.1) is 12.4 Å². The van der Waals surface area contributed by atoms with Gasteiger partial charge in [0.2, 0.25) is 11.8 Å². The van der Waals surface area contributed by atoms with E-state index in [2.05, 4.69) is 5.32 Å². The first-order valence-electron chi connectivity index (χ1n) is 6.75. The number of amides is 2. The van der Waals surface area contributed by atoms with Gasteiger partial charge in [0.05, 0.1) is 18.3 Å². The largest absolute Gasteiger partial charge is 0.332 e. The lowest BCUT2D eigenvalue weighted by Gasteiger charge is -2.23. The van der Waals surface area contributed by atoms with Crippen molar-refractivity contribution in [2.45, 2.75) is 26.3 Å². The van der Waals surface area contributed by atoms with E-state index in [-0.39, 0.29) is 19.0 Å². The van der Waals surface area contributed by atoms with Crippen molar-refractivity contribution < 1.29 is 22.8 Å². The lowest BCUT2D eigenvalue weighted by atomic mass is 10.2. The first-order chi connectivity index (χ1) is 10.3. The van der Waals surface area contributed by atoms with Crippen LogP contribution in [0.1, 0.15) is 20.3 Å². The van der Waals surface area contributed by atoms with Gasteiger partial charge in [0.1, 0.15) is 0 Å². The average molecular weight is 354 g/mol. The molecule has 0 bridgehead atoms. The molecule has 0 saturated heterocycles. The molecule has 0 fully saturated rings. The molecule has 0 aliphatic heterocycles. The molecule has 130 valence electrons. The molecule has 23 heavy (non-hydrogen) atoms. The number of benzene rings is 1. The Morgan fingerprint density at radius 2 is 1.87 bits per heavy atom. The lowest BCUT2D eigenvalue weighted by Crippen LogP contribution is -2.45. The Hall–Kier alpha value is -1.80. The predicted molar refractivity (Wildman–Crippen MR) is 82.7 cm³/mol. The molecule has 2 amide bonds. The summed E-state index contributed by atoms with van der Waals surface area (Å²) in [7, 11) is 0. The molecule has 0 aromatic heterocycles. The summed E-state index contributed by atoms with van der Waals surface area (Å²) in [6.45, 7) is 3.24. The summed E-state index contributed by atoms with van der Waals surface area (Å²) < 4.78 is 39.3. The molecular formula is C14H19ClF3N3O2. The van der Waals surface area contributed by atoms with Gasteiger partial charge in [-0.2, -0.15) is 0 Å². The Bertz CT molecular complexity index is 570. The lowest BCUT2D eigenvalue weighted by molar-refractivity contribution is -0.135. The quantitative estimate of drug-likeness (QED) is 0.769. The number of rotatable bonds is 6. The van der Waals surface area contributed by atoms with Gasteiger partial charge < -0.3 is 16.0 Å². The minimum Gasteiger partial charge on any atom is -0.332 e. The van der Waals surface area contributed by atoms with Crippen molar-refractivity contribution in [2.75, 3.05) is 18.4 Å². The van der Waals surface area contributed by atoms with Crippen molar-refractivity contribution in [3.05, 3.63) is 29.6 Å². The second-order valence-electron chi connectivity index (χ2n) is 4.82. The number of nitrogens with one attached hydrogen (secondary N) is 1. The molecule has 0 radical (unpaired) electrons. The van der Waals surface area contributed by atoms with Gasteiger partial charge in [-0.25, -0.2) is 13.2 Å². The van der Waals surface area contributed by atoms with Gasteiger partial charge in [-0.1, -0.05) is 6.92 Å². The second-order valence-corrected chi connectivity index (χ2v) is 4.82. The first-order valence-corrected chi connectivity index (χ1v) is 6.75. The SMILES string of the molecule is CCCN(CC(=O)Nc1ccc(F)c(F)c1F)C(=O)[C@H](C)N.Cl. The van der Waals surface area contributed by atoms with Crippen molar-refractivity contribution in [1.82, 2.24) is 4.90 Å². The van der Waals surface area contributed by atoms with Crippen LogP contribution in [0, 0.1) is 17.5 Å². The minimum absolute atomic E-state index is 0. The third kappa shape index (κ3) is 5.72. The highest BCUT2D eigenvalue weighted by Crippen LogP contribution is 2.19. The molecule has 0 spiro atoms. The molecule has 1 atom stereocenters. The zero-order chi connectivity index (χ0) is 16.9. The van der Waals surface area contributed by atoms with Gasteiger partial charge in [0, 0.05) is 6.54 Å². The topological polar surface area (TPSA) is 75.4 Å². The van der Waals surface area contributed by atoms with Crippen LogP contribution < -0.4 is 11.1 Å². The highest BCUT2D eigenvalue weighted by atomic mass is 35.5. The van der Waals surface area contributed by atoms with Crippen LogP contribution in [-0.4, -0.2) is 35.8 Å². The van der Waals surface area contributed by atoms with Crippen molar-refractivity contribution >= 4 is 29.9 Å². The summed E-state index contributed by atoms with van der Waals surface area (Å²) >= 11 is 0. The Morgan fingerprint density at radius 3 is 2.39 bits per heavy atom. The summed E-state index contributed by atoms with van der Waals surface area (Å²) in [6.07, 6.45) is 0.602. The van der Waals surface area contributed by atoms with E-state index >= 15 is 0 Å². The number of anilines is 1. The third-order valence-electron chi connectivity index (χ3n) is 2.84.